The number of benzene rings is 1. The molecule has 2 aromatic rings. The van der Waals surface area contributed by atoms with Crippen molar-refractivity contribution in [3.8, 4) is 0 Å². The number of pyridine rings is 1. The van der Waals surface area contributed by atoms with Crippen molar-refractivity contribution >= 4 is 44.8 Å². The van der Waals surface area contributed by atoms with E-state index in [1.54, 1.807) is 36.7 Å². The Morgan fingerprint density at radius 3 is 2.89 bits per heavy atom. The number of rotatable bonds is 2. The second-order valence-corrected chi connectivity index (χ2v) is 4.75. The highest BCUT2D eigenvalue weighted by Gasteiger charge is 2.13. The number of nitrogens with two attached hydrogens (primary N) is 1. The minimum Gasteiger partial charge on any atom is -0.398 e. The molecular weight excluding hydrogens is 318 g/mol. The Bertz CT molecular complexity index is 604. The van der Waals surface area contributed by atoms with E-state index in [1.165, 1.54) is 0 Å². The fourth-order valence-corrected chi connectivity index (χ4v) is 1.95. The van der Waals surface area contributed by atoms with Gasteiger partial charge in [-0.3, -0.25) is 9.78 Å². The third-order valence-corrected chi connectivity index (χ3v) is 3.35. The van der Waals surface area contributed by atoms with Crippen LogP contribution < -0.4 is 11.1 Å². The third-order valence-electron chi connectivity index (χ3n) is 2.29. The predicted molar refractivity (Wildman–Crippen MR) is 75.8 cm³/mol. The monoisotopic (exact) mass is 325 g/mol. The molecule has 0 aliphatic heterocycles. The Morgan fingerprint density at radius 1 is 1.39 bits per heavy atom. The molecule has 0 spiro atoms. The van der Waals surface area contributed by atoms with Crippen LogP contribution in [0, 0.1) is 0 Å². The van der Waals surface area contributed by atoms with E-state index in [2.05, 4.69) is 26.2 Å². The Morgan fingerprint density at radius 2 is 2.17 bits per heavy atom. The summed E-state index contributed by atoms with van der Waals surface area (Å²) in [6.45, 7) is 0. The molecule has 2 rings (SSSR count). The highest BCUT2D eigenvalue weighted by molar-refractivity contribution is 9.10. The first-order valence-corrected chi connectivity index (χ1v) is 6.21. The van der Waals surface area contributed by atoms with Gasteiger partial charge in [0.2, 0.25) is 0 Å². The maximum absolute atomic E-state index is 12.0. The Labute approximate surface area is 117 Å². The van der Waals surface area contributed by atoms with Crippen LogP contribution >= 0.6 is 27.5 Å². The highest BCUT2D eigenvalue weighted by atomic mass is 79.9. The molecule has 0 radical (unpaired) electrons. The van der Waals surface area contributed by atoms with Gasteiger partial charge in [0.15, 0.2) is 0 Å². The zero-order valence-corrected chi connectivity index (χ0v) is 11.5. The summed E-state index contributed by atoms with van der Waals surface area (Å²) in [6, 6.07) is 6.62. The van der Waals surface area contributed by atoms with Gasteiger partial charge in [0.1, 0.15) is 0 Å². The maximum Gasteiger partial charge on any atom is 0.257 e. The van der Waals surface area contributed by atoms with E-state index < -0.39 is 0 Å². The predicted octanol–water partition coefficient (Wildman–Crippen LogP) is 3.33. The summed E-state index contributed by atoms with van der Waals surface area (Å²) in [4.78, 5) is 16.0. The van der Waals surface area contributed by atoms with Crippen LogP contribution in [0.3, 0.4) is 0 Å². The fraction of sp³-hybridized carbons (Fsp3) is 0. The van der Waals surface area contributed by atoms with Gasteiger partial charge in [-0.1, -0.05) is 17.7 Å². The second-order valence-electron chi connectivity index (χ2n) is 3.52. The van der Waals surface area contributed by atoms with Crippen molar-refractivity contribution in [3.63, 3.8) is 0 Å². The number of amides is 1. The average Bonchev–Trinajstić information content (AvgIpc) is 2.35. The number of nitrogen functional groups attached to an aromatic ring is 1. The van der Waals surface area contributed by atoms with E-state index in [4.69, 9.17) is 17.3 Å². The molecule has 1 amide bonds. The molecule has 0 atom stereocenters. The molecule has 1 aromatic carbocycles. The van der Waals surface area contributed by atoms with Crippen molar-refractivity contribution in [1.29, 1.82) is 0 Å². The summed E-state index contributed by atoms with van der Waals surface area (Å²) in [7, 11) is 0. The first-order valence-electron chi connectivity index (χ1n) is 5.04. The average molecular weight is 327 g/mol. The van der Waals surface area contributed by atoms with Gasteiger partial charge in [-0.25, -0.2) is 0 Å². The van der Waals surface area contributed by atoms with Gasteiger partial charge in [-0.15, -0.1) is 0 Å². The largest absolute Gasteiger partial charge is 0.398 e. The van der Waals surface area contributed by atoms with E-state index in [1.807, 2.05) is 0 Å². The van der Waals surface area contributed by atoms with E-state index in [-0.39, 0.29) is 10.9 Å². The molecule has 4 nitrogen and oxygen atoms in total. The molecule has 3 N–H and O–H groups in total. The fourth-order valence-electron chi connectivity index (χ4n) is 1.39. The molecule has 0 fully saturated rings. The van der Waals surface area contributed by atoms with Crippen LogP contribution in [0.1, 0.15) is 10.4 Å². The molecule has 0 aliphatic carbocycles. The molecule has 0 aliphatic rings. The van der Waals surface area contributed by atoms with Gasteiger partial charge < -0.3 is 11.1 Å². The number of nitrogens with zero attached hydrogens (tertiary/aromatic N) is 1. The van der Waals surface area contributed by atoms with E-state index in [0.29, 0.717) is 21.4 Å². The van der Waals surface area contributed by atoms with Crippen LogP contribution in [-0.2, 0) is 0 Å². The van der Waals surface area contributed by atoms with E-state index in [0.717, 1.165) is 0 Å². The quantitative estimate of drug-likeness (QED) is 0.832. The second kappa shape index (κ2) is 5.37. The number of aromatic nitrogens is 1. The summed E-state index contributed by atoms with van der Waals surface area (Å²) in [5.41, 5.74) is 6.98. The number of carbonyl (C=O) groups excluding carboxylic acids is 1. The summed E-state index contributed by atoms with van der Waals surface area (Å²) >= 11 is 9.28. The minimum atomic E-state index is -0.320. The lowest BCUT2D eigenvalue weighted by Gasteiger charge is -2.09. The van der Waals surface area contributed by atoms with Crippen molar-refractivity contribution in [2.45, 2.75) is 0 Å². The lowest BCUT2D eigenvalue weighted by Crippen LogP contribution is -2.13. The summed E-state index contributed by atoms with van der Waals surface area (Å²) in [5, 5.41) is 2.98. The number of nitrogens with one attached hydrogen (secondary N) is 1. The molecule has 0 saturated heterocycles. The first-order chi connectivity index (χ1) is 8.59. The summed E-state index contributed by atoms with van der Waals surface area (Å²) in [6.07, 6.45) is 3.18. The van der Waals surface area contributed by atoms with Crippen molar-refractivity contribution < 1.29 is 4.79 Å². The van der Waals surface area contributed by atoms with Crippen LogP contribution in [-0.4, -0.2) is 10.9 Å². The maximum atomic E-state index is 12.0. The SMILES string of the molecule is Nc1cccc(C(=O)Nc2ccncc2Br)c1Cl. The van der Waals surface area contributed by atoms with Crippen LogP contribution in [0.25, 0.3) is 0 Å². The van der Waals surface area contributed by atoms with Gasteiger partial charge >= 0.3 is 0 Å². The lowest BCUT2D eigenvalue weighted by molar-refractivity contribution is 0.102. The Kier molecular flexibility index (Phi) is 3.84. The van der Waals surface area contributed by atoms with Gasteiger partial charge in [0.05, 0.1) is 26.4 Å². The van der Waals surface area contributed by atoms with E-state index >= 15 is 0 Å². The topological polar surface area (TPSA) is 68.0 Å². The molecule has 6 heteroatoms. The van der Waals surface area contributed by atoms with Crippen molar-refractivity contribution in [2.75, 3.05) is 11.1 Å². The molecule has 18 heavy (non-hydrogen) atoms. The van der Waals surface area contributed by atoms with Crippen LogP contribution in [0.4, 0.5) is 11.4 Å². The van der Waals surface area contributed by atoms with Crippen LogP contribution in [0.2, 0.25) is 5.02 Å². The zero-order valence-electron chi connectivity index (χ0n) is 9.15. The Balaban J connectivity index is 2.28. The third kappa shape index (κ3) is 2.63. The Hall–Kier alpha value is -1.59. The molecule has 0 bridgehead atoms. The zero-order chi connectivity index (χ0) is 13.1. The number of carbonyl (C=O) groups is 1. The molecule has 1 heterocycles. The van der Waals surface area contributed by atoms with Gasteiger partial charge in [-0.05, 0) is 34.1 Å². The highest BCUT2D eigenvalue weighted by Crippen LogP contribution is 2.25. The van der Waals surface area contributed by atoms with Crippen molar-refractivity contribution in [2.24, 2.45) is 0 Å². The smallest absolute Gasteiger partial charge is 0.257 e. The summed E-state index contributed by atoms with van der Waals surface area (Å²) < 4.78 is 0.693. The van der Waals surface area contributed by atoms with Crippen LogP contribution in [0.5, 0.6) is 0 Å². The number of anilines is 2. The minimum absolute atomic E-state index is 0.250. The lowest BCUT2D eigenvalue weighted by atomic mass is 10.2. The van der Waals surface area contributed by atoms with E-state index in [9.17, 15) is 4.79 Å². The molecule has 1 aromatic heterocycles. The normalized spacial score (nSPS) is 10.1. The van der Waals surface area contributed by atoms with Crippen molar-refractivity contribution in [1.82, 2.24) is 4.98 Å². The summed E-state index contributed by atoms with van der Waals surface area (Å²) in [5.74, 6) is -0.320. The van der Waals surface area contributed by atoms with Gasteiger partial charge in [0, 0.05) is 12.4 Å². The molecule has 92 valence electrons. The number of hydrogen-bond acceptors (Lipinski definition) is 3. The first kappa shape index (κ1) is 12.9. The molecule has 0 saturated carbocycles. The number of halogens is 2. The van der Waals surface area contributed by atoms with Gasteiger partial charge in [0.25, 0.3) is 5.91 Å². The van der Waals surface area contributed by atoms with Crippen molar-refractivity contribution in [3.05, 3.63) is 51.7 Å². The molecule has 0 unspecified atom stereocenters. The standard InChI is InChI=1S/C12H9BrClN3O/c13-8-6-16-5-4-10(8)17-12(18)7-2-1-3-9(15)11(7)14/h1-6H,15H2,(H,16,17,18). The van der Waals surface area contributed by atoms with Gasteiger partial charge in [-0.2, -0.15) is 0 Å². The molecular formula is C12H9BrClN3O. The van der Waals surface area contributed by atoms with Crippen LogP contribution in [0.15, 0.2) is 41.1 Å². The number of hydrogen-bond donors (Lipinski definition) is 2.